The van der Waals surface area contributed by atoms with E-state index in [0.29, 0.717) is 38.5 Å². The SMILES string of the molecule is COc1ccc(S(=O)(=O)N2CCN(C[C@@H](O)COC(c3ccccc3)c3ccccc3)CC2)cc1. The molecule has 1 fully saturated rings. The Kier molecular flexibility index (Phi) is 8.54. The molecule has 0 bridgehead atoms. The molecule has 3 aromatic rings. The van der Waals surface area contributed by atoms with Gasteiger partial charge in [-0.2, -0.15) is 4.31 Å². The molecule has 1 aliphatic heterocycles. The normalized spacial score (nSPS) is 16.3. The number of rotatable bonds is 10. The maximum Gasteiger partial charge on any atom is 0.243 e. The number of methoxy groups -OCH3 is 1. The van der Waals surface area contributed by atoms with E-state index in [1.54, 1.807) is 31.4 Å². The zero-order valence-electron chi connectivity index (χ0n) is 19.9. The molecular formula is C27H32N2O5S. The van der Waals surface area contributed by atoms with Crippen molar-refractivity contribution >= 4 is 10.0 Å². The third kappa shape index (κ3) is 6.48. The van der Waals surface area contributed by atoms with Gasteiger partial charge in [0.25, 0.3) is 0 Å². The number of hydrogen-bond acceptors (Lipinski definition) is 6. The van der Waals surface area contributed by atoms with Gasteiger partial charge in [-0.25, -0.2) is 8.42 Å². The van der Waals surface area contributed by atoms with Crippen LogP contribution in [-0.4, -0.2) is 75.3 Å². The van der Waals surface area contributed by atoms with Crippen molar-refractivity contribution in [1.82, 2.24) is 9.21 Å². The average Bonchev–Trinajstić information content (AvgIpc) is 2.90. The first kappa shape index (κ1) is 25.3. The van der Waals surface area contributed by atoms with Gasteiger partial charge in [0.05, 0.1) is 24.7 Å². The summed E-state index contributed by atoms with van der Waals surface area (Å²) in [6.45, 7) is 2.45. The molecule has 1 aliphatic rings. The van der Waals surface area contributed by atoms with Crippen LogP contribution < -0.4 is 4.74 Å². The van der Waals surface area contributed by atoms with Crippen LogP contribution in [0.5, 0.6) is 5.75 Å². The summed E-state index contributed by atoms with van der Waals surface area (Å²) in [5, 5.41) is 10.7. The Morgan fingerprint density at radius 3 is 1.89 bits per heavy atom. The van der Waals surface area contributed by atoms with Crippen LogP contribution in [0.25, 0.3) is 0 Å². The summed E-state index contributed by atoms with van der Waals surface area (Å²) in [4.78, 5) is 2.33. The first-order chi connectivity index (χ1) is 17.0. The number of nitrogens with zero attached hydrogens (tertiary/aromatic N) is 2. The van der Waals surface area contributed by atoms with Gasteiger partial charge in [0.1, 0.15) is 11.9 Å². The van der Waals surface area contributed by atoms with Crippen molar-refractivity contribution < 1.29 is 23.0 Å². The Morgan fingerprint density at radius 2 is 1.37 bits per heavy atom. The molecule has 1 N–H and O–H groups in total. The van der Waals surface area contributed by atoms with Gasteiger partial charge in [0.15, 0.2) is 0 Å². The molecule has 35 heavy (non-hydrogen) atoms. The molecule has 0 aromatic heterocycles. The minimum Gasteiger partial charge on any atom is -0.497 e. The van der Waals surface area contributed by atoms with Crippen molar-refractivity contribution in [3.63, 3.8) is 0 Å². The minimum absolute atomic E-state index is 0.179. The second-order valence-corrected chi connectivity index (χ2v) is 10.5. The predicted molar refractivity (Wildman–Crippen MR) is 135 cm³/mol. The van der Waals surface area contributed by atoms with Gasteiger partial charge < -0.3 is 14.6 Å². The number of β-amino-alcohol motifs (C(OH)–C–C–N with tert-alkyl or cyclic N) is 1. The first-order valence-electron chi connectivity index (χ1n) is 11.7. The summed E-state index contributed by atoms with van der Waals surface area (Å²) >= 11 is 0. The van der Waals surface area contributed by atoms with Gasteiger partial charge in [0, 0.05) is 32.7 Å². The standard InChI is InChI=1S/C27H32N2O5S/c1-33-25-12-14-26(15-13-25)35(31,32)29-18-16-28(17-19-29)20-24(30)21-34-27(22-8-4-2-5-9-22)23-10-6-3-7-11-23/h2-15,24,27,30H,16-21H2,1H3/t24-/m1/s1. The fourth-order valence-corrected chi connectivity index (χ4v) is 5.67. The van der Waals surface area contributed by atoms with Crippen LogP contribution >= 0.6 is 0 Å². The molecule has 0 spiro atoms. The third-order valence-electron chi connectivity index (χ3n) is 6.16. The maximum absolute atomic E-state index is 13.0. The molecule has 1 atom stereocenters. The largest absolute Gasteiger partial charge is 0.497 e. The van der Waals surface area contributed by atoms with Crippen molar-refractivity contribution in [2.75, 3.05) is 46.4 Å². The highest BCUT2D eigenvalue weighted by atomic mass is 32.2. The van der Waals surface area contributed by atoms with E-state index in [4.69, 9.17) is 9.47 Å². The van der Waals surface area contributed by atoms with Gasteiger partial charge in [-0.3, -0.25) is 4.90 Å². The number of ether oxygens (including phenoxy) is 2. The molecule has 0 saturated carbocycles. The first-order valence-corrected chi connectivity index (χ1v) is 13.2. The summed E-state index contributed by atoms with van der Waals surface area (Å²) < 4.78 is 38.7. The minimum atomic E-state index is -3.56. The van der Waals surface area contributed by atoms with Crippen molar-refractivity contribution in [2.24, 2.45) is 0 Å². The van der Waals surface area contributed by atoms with E-state index in [-0.39, 0.29) is 17.6 Å². The molecule has 0 aliphatic carbocycles. The Labute approximate surface area is 207 Å². The Balaban J connectivity index is 1.30. The summed E-state index contributed by atoms with van der Waals surface area (Å²) in [5.74, 6) is 0.617. The Morgan fingerprint density at radius 1 is 0.829 bits per heavy atom. The van der Waals surface area contributed by atoms with E-state index in [9.17, 15) is 13.5 Å². The van der Waals surface area contributed by atoms with E-state index in [0.717, 1.165) is 11.1 Å². The summed E-state index contributed by atoms with van der Waals surface area (Å²) in [6.07, 6.45) is -0.951. The lowest BCUT2D eigenvalue weighted by molar-refractivity contribution is -0.0117. The maximum atomic E-state index is 13.0. The third-order valence-corrected chi connectivity index (χ3v) is 8.07. The lowest BCUT2D eigenvalue weighted by Crippen LogP contribution is -2.50. The van der Waals surface area contributed by atoms with Crippen molar-refractivity contribution in [3.8, 4) is 5.75 Å². The van der Waals surface area contributed by atoms with E-state index in [1.165, 1.54) is 4.31 Å². The smallest absolute Gasteiger partial charge is 0.243 e. The molecule has 0 amide bonds. The number of benzene rings is 3. The number of sulfonamides is 1. The van der Waals surface area contributed by atoms with Gasteiger partial charge in [0.2, 0.25) is 10.0 Å². The number of aliphatic hydroxyl groups excluding tert-OH is 1. The number of piperazine rings is 1. The van der Waals surface area contributed by atoms with Gasteiger partial charge in [-0.15, -0.1) is 0 Å². The van der Waals surface area contributed by atoms with Crippen LogP contribution in [0.1, 0.15) is 17.2 Å². The Hall–Kier alpha value is -2.75. The molecule has 7 nitrogen and oxygen atoms in total. The van der Waals surface area contributed by atoms with Gasteiger partial charge in [-0.1, -0.05) is 60.7 Å². The monoisotopic (exact) mass is 496 g/mol. The summed E-state index contributed by atoms with van der Waals surface area (Å²) in [6, 6.07) is 26.4. The topological polar surface area (TPSA) is 79.3 Å². The molecule has 1 heterocycles. The molecular weight excluding hydrogens is 464 g/mol. The highest BCUT2D eigenvalue weighted by Gasteiger charge is 2.29. The van der Waals surface area contributed by atoms with Crippen molar-refractivity contribution in [2.45, 2.75) is 17.1 Å². The van der Waals surface area contributed by atoms with Crippen LogP contribution in [0.4, 0.5) is 0 Å². The van der Waals surface area contributed by atoms with E-state index < -0.39 is 16.1 Å². The lowest BCUT2D eigenvalue weighted by atomic mass is 10.0. The molecule has 4 rings (SSSR count). The summed E-state index contributed by atoms with van der Waals surface area (Å²) in [7, 11) is -2.01. The molecule has 3 aromatic carbocycles. The van der Waals surface area contributed by atoms with Crippen LogP contribution in [0.15, 0.2) is 89.8 Å². The van der Waals surface area contributed by atoms with Crippen molar-refractivity contribution in [1.29, 1.82) is 0 Å². The molecule has 186 valence electrons. The van der Waals surface area contributed by atoms with E-state index >= 15 is 0 Å². The zero-order chi connectivity index (χ0) is 24.7. The predicted octanol–water partition coefficient (Wildman–Crippen LogP) is 3.17. The van der Waals surface area contributed by atoms with E-state index in [2.05, 4.69) is 4.90 Å². The van der Waals surface area contributed by atoms with Crippen LogP contribution in [-0.2, 0) is 14.8 Å². The van der Waals surface area contributed by atoms with Gasteiger partial charge in [-0.05, 0) is 35.4 Å². The fraction of sp³-hybridized carbons (Fsp3) is 0.333. The molecule has 0 unspecified atom stereocenters. The zero-order valence-corrected chi connectivity index (χ0v) is 20.7. The van der Waals surface area contributed by atoms with Crippen LogP contribution in [0, 0.1) is 0 Å². The highest BCUT2D eigenvalue weighted by Crippen LogP contribution is 2.26. The van der Waals surface area contributed by atoms with Crippen LogP contribution in [0.2, 0.25) is 0 Å². The second kappa shape index (κ2) is 11.8. The average molecular weight is 497 g/mol. The summed E-state index contributed by atoms with van der Waals surface area (Å²) in [5.41, 5.74) is 2.06. The lowest BCUT2D eigenvalue weighted by Gasteiger charge is -2.35. The number of hydrogen-bond donors (Lipinski definition) is 1. The quantitative estimate of drug-likeness (QED) is 0.465. The number of aliphatic hydroxyl groups is 1. The van der Waals surface area contributed by atoms with Crippen LogP contribution in [0.3, 0.4) is 0 Å². The molecule has 1 saturated heterocycles. The van der Waals surface area contributed by atoms with Gasteiger partial charge >= 0.3 is 0 Å². The molecule has 0 radical (unpaired) electrons. The Bertz CT molecular complexity index is 1110. The van der Waals surface area contributed by atoms with Crippen molar-refractivity contribution in [3.05, 3.63) is 96.1 Å². The highest BCUT2D eigenvalue weighted by molar-refractivity contribution is 7.89. The molecule has 8 heteroatoms. The fourth-order valence-electron chi connectivity index (χ4n) is 4.25. The van der Waals surface area contributed by atoms with E-state index in [1.807, 2.05) is 60.7 Å². The second-order valence-electron chi connectivity index (χ2n) is 8.57.